The lowest BCUT2D eigenvalue weighted by Gasteiger charge is -2.13. The molecule has 0 aromatic heterocycles. The van der Waals surface area contributed by atoms with E-state index >= 15 is 0 Å². The Kier molecular flexibility index (Phi) is 127. The molecule has 10 aromatic carbocycles. The lowest BCUT2D eigenvalue weighted by Crippen LogP contribution is -2.21. The summed E-state index contributed by atoms with van der Waals surface area (Å²) in [5.41, 5.74) is 1.29. The topological polar surface area (TPSA) is 453 Å². The Morgan fingerprint density at radius 1 is 0.292 bits per heavy atom. The molecule has 0 fully saturated rings. The lowest BCUT2D eigenvalue weighted by atomic mass is 10.2. The van der Waals surface area contributed by atoms with E-state index in [2.05, 4.69) is 5.32 Å². The number of carboxylic acids is 1. The molecule has 0 radical (unpaired) electrons. The number of nitro groups is 3. The predicted octanol–water partition coefficient (Wildman–Crippen LogP) is 33.9. The molecule has 0 bridgehead atoms. The molecule has 0 aliphatic heterocycles. The van der Waals surface area contributed by atoms with Gasteiger partial charge in [0.05, 0.1) is 41.0 Å². The Hall–Kier alpha value is -12.7. The van der Waals surface area contributed by atoms with Crippen LogP contribution in [-0.2, 0) is 50.2 Å². The number of benzene rings is 10. The van der Waals surface area contributed by atoms with Crippen LogP contribution in [0.1, 0.15) is 283 Å². The highest BCUT2D eigenvalue weighted by Gasteiger charge is 2.20. The highest BCUT2D eigenvalue weighted by molar-refractivity contribution is 7.91. The number of methoxy groups -OCH3 is 3. The van der Waals surface area contributed by atoms with Gasteiger partial charge < -0.3 is 63.1 Å². The van der Waals surface area contributed by atoms with E-state index < -0.39 is 67.2 Å². The lowest BCUT2D eigenvalue weighted by molar-refractivity contribution is -0.385. The van der Waals surface area contributed by atoms with Gasteiger partial charge in [-0.25, -0.2) is 30.0 Å². The first-order valence-electron chi connectivity index (χ1n) is 49.2. The third-order valence-corrected chi connectivity index (χ3v) is 17.3. The second-order valence-corrected chi connectivity index (χ2v) is 27.8. The number of nitrogens with zero attached hydrogens (tertiary/aromatic N) is 3. The van der Waals surface area contributed by atoms with Gasteiger partial charge in [0.25, 0.3) is 17.1 Å². The Labute approximate surface area is 870 Å². The summed E-state index contributed by atoms with van der Waals surface area (Å²) in [7, 11) is -6.24. The van der Waals surface area contributed by atoms with E-state index in [4.69, 9.17) is 43.0 Å². The van der Waals surface area contributed by atoms with E-state index in [0.29, 0.717) is 40.2 Å². The number of amides is 1. The Bertz CT molecular complexity index is 5090. The fraction of sp³-hybridized carbons (Fsp3) is 0.431. The smallest absolute Gasteiger partial charge is 0.394 e. The van der Waals surface area contributed by atoms with Crippen LogP contribution < -0.4 is 43.2 Å². The maximum atomic E-state index is 11.7. The molecule has 0 aliphatic rings. The zero-order chi connectivity index (χ0) is 117. The van der Waals surface area contributed by atoms with Gasteiger partial charge in [0.2, 0.25) is 0 Å². The third-order valence-electron chi connectivity index (χ3n) is 13.2. The minimum Gasteiger partial charge on any atom is -0.768 e. The van der Waals surface area contributed by atoms with Gasteiger partial charge in [-0.05, 0) is 170 Å². The Balaban J connectivity index is -0.000000102. The molecule has 824 valence electrons. The number of nitro benzene ring substituents is 3. The number of hydrogen-bond donors (Lipinski definition) is 4. The van der Waals surface area contributed by atoms with Gasteiger partial charge in [-0.3, -0.25) is 39.3 Å². The van der Waals surface area contributed by atoms with Crippen LogP contribution in [0.2, 0.25) is 0 Å². The van der Waals surface area contributed by atoms with Crippen molar-refractivity contribution in [1.29, 1.82) is 0 Å². The van der Waals surface area contributed by atoms with E-state index in [1.807, 2.05) is 296 Å². The molecule has 1 amide bonds. The predicted molar refractivity (Wildman–Crippen MR) is 602 cm³/mol. The molecule has 35 heteroatoms. The minimum atomic E-state index is -3.61. The summed E-state index contributed by atoms with van der Waals surface area (Å²) in [5, 5.41) is 61.4. The summed E-state index contributed by atoms with van der Waals surface area (Å²) < 4.78 is 134. The van der Waals surface area contributed by atoms with Crippen LogP contribution in [0.3, 0.4) is 0 Å². The highest BCUT2D eigenvalue weighted by atomic mass is 32.2. The number of nitrogens with one attached hydrogen (secondary N) is 1. The number of carbonyl (C=O) groups excluding carboxylic acids is 1. The third kappa shape index (κ3) is 76.0. The van der Waals surface area contributed by atoms with Crippen molar-refractivity contribution in [3.63, 3.8) is 0 Å². The average molecular weight is 2110 g/mol. The number of phenolic OH excluding ortho intramolecular Hbond substituents is 2. The van der Waals surface area contributed by atoms with E-state index in [1.165, 1.54) is 166 Å². The number of non-ortho nitro benzene ring substituents is 3. The average Bonchev–Trinajstić information content (AvgIpc) is 0.828. The number of carbonyl (C=O) groups is 2. The van der Waals surface area contributed by atoms with Crippen LogP contribution in [0.15, 0.2) is 238 Å². The number of ether oxygens (including phenoxy) is 8. The largest absolute Gasteiger partial charge is 0.768 e. The van der Waals surface area contributed by atoms with Gasteiger partial charge in [-0.1, -0.05) is 295 Å². The van der Waals surface area contributed by atoms with Gasteiger partial charge in [0.15, 0.2) is 29.5 Å². The van der Waals surface area contributed by atoms with Crippen LogP contribution in [0.5, 0.6) is 86.2 Å². The number of sulfone groups is 3. The van der Waals surface area contributed by atoms with Crippen molar-refractivity contribution in [2.75, 3.05) is 45.4 Å². The molecule has 31 nitrogen and oxygen atoms in total. The standard InChI is InChI=1S/C15H13NO7S.C14H13NO6S.C14H14O4S.C13H11NO6S.C13H11NO4.20C2H6/c1-24(21,22)13-8-11(6-7-12(13)17)23-10-4-2-9(3-5-10)16-14(18)15(19)20;1-20-13-8-7-12(9-14(13)22(2,18)19)21-11-5-3-10(4-6-11)15(16)17;1-10-3-5-11(6-4-10)18-12-7-8-13(15)14(9-12)19(2,16)17;1-19-12-7-6-11(8-13(12)21(17)18)20-10-4-2-9(3-5-10)14(15)16;1-17-11-6-8-13(9-7-11)18-12-4-2-10(3-5-12)14(15)16;20*1-2/h2-8,17H,1H3,(H,16,18)(H,19,20);3-9H,1-2H3;3-9,15H,1-2H3;2-8H,1H3,(H,17,18);2-9H,1H3;20*1-2H3/p-1. The van der Waals surface area contributed by atoms with Gasteiger partial charge in [0, 0.05) is 79.1 Å². The Morgan fingerprint density at radius 2 is 0.493 bits per heavy atom. The molecule has 144 heavy (non-hydrogen) atoms. The van der Waals surface area contributed by atoms with E-state index in [0.717, 1.165) is 30.1 Å². The zero-order valence-corrected chi connectivity index (χ0v) is 98.7. The molecule has 0 heterocycles. The van der Waals surface area contributed by atoms with Crippen molar-refractivity contribution in [1.82, 2.24) is 0 Å². The van der Waals surface area contributed by atoms with Crippen molar-refractivity contribution in [3.05, 3.63) is 254 Å². The second kappa shape index (κ2) is 111. The summed E-state index contributed by atoms with van der Waals surface area (Å²) in [6, 6.07) is 53.7. The van der Waals surface area contributed by atoms with E-state index in [9.17, 15) is 84.2 Å². The van der Waals surface area contributed by atoms with Gasteiger partial charge in [-0.15, -0.1) is 0 Å². The normalized spacial score (nSPS) is 8.75. The number of aliphatic carboxylic acids is 1. The van der Waals surface area contributed by atoms with E-state index in [-0.39, 0.29) is 82.6 Å². The minimum absolute atomic E-state index is 0.00871. The first-order valence-corrected chi connectivity index (χ1v) is 56.0. The summed E-state index contributed by atoms with van der Waals surface area (Å²) in [6.45, 7) is 82.0. The Morgan fingerprint density at radius 3 is 0.722 bits per heavy atom. The van der Waals surface area contributed by atoms with Crippen molar-refractivity contribution in [2.45, 2.75) is 303 Å². The number of hydrogen-bond acceptors (Lipinski definition) is 26. The summed E-state index contributed by atoms with van der Waals surface area (Å²) in [5.74, 6) is 1.70. The van der Waals surface area contributed by atoms with E-state index in [1.54, 1.807) is 61.7 Å². The number of rotatable bonds is 21. The first kappa shape index (κ1) is 165. The SMILES string of the molecule is CC.CC.CC.CC.CC.CC.CC.CC.CC.CC.CC.CC.CC.CC.CC.CC.CC.CC.CC.CC.COc1ccc(Oc2ccc([N+](=O)[O-])cc2)cc1.COc1ccc(Oc2ccc([N+](=O)[O-])cc2)cc1S(=O)[O-].COc1ccc(Oc2ccc([N+](=O)[O-])cc2)cc1S(C)(=O)=O.CS(=O)(=O)c1cc(Oc2ccc(NC(=O)C(=O)O)cc2)ccc1O.Cc1ccc(Oc2ccc(O)c(S(C)(=O)=O)c2)cc1. The molecule has 0 aliphatic carbocycles. The highest BCUT2D eigenvalue weighted by Crippen LogP contribution is 2.36. The molecule has 4 N–H and O–H groups in total. The van der Waals surface area contributed by atoms with Crippen LogP contribution in [0.4, 0.5) is 22.7 Å². The molecule has 10 aromatic rings. The summed E-state index contributed by atoms with van der Waals surface area (Å²) >= 11 is -2.46. The van der Waals surface area contributed by atoms with Crippen molar-refractivity contribution >= 4 is 75.2 Å². The molecule has 1 unspecified atom stereocenters. The molecular formula is C109H181N4O27S4-. The van der Waals surface area contributed by atoms with Crippen LogP contribution in [-0.4, -0.2) is 116 Å². The fourth-order valence-corrected chi connectivity index (χ4v) is 11.1. The molecular weight excluding hydrogens is 1930 g/mol. The molecule has 0 saturated carbocycles. The number of carboxylic acid groups (broad SMARTS) is 1. The van der Waals surface area contributed by atoms with Crippen LogP contribution in [0.25, 0.3) is 0 Å². The maximum Gasteiger partial charge on any atom is 0.394 e. The first-order chi connectivity index (χ1) is 69.0. The summed E-state index contributed by atoms with van der Waals surface area (Å²) in [6.07, 6.45) is 3.07. The fourth-order valence-electron chi connectivity index (χ4n) is 8.20. The van der Waals surface area contributed by atoms with Gasteiger partial charge >= 0.3 is 11.9 Å². The van der Waals surface area contributed by atoms with Crippen molar-refractivity contribution in [2.24, 2.45) is 0 Å². The zero-order valence-electron chi connectivity index (χ0n) is 95.4. The molecule has 10 rings (SSSR count). The molecule has 0 spiro atoms. The maximum absolute atomic E-state index is 11.7. The summed E-state index contributed by atoms with van der Waals surface area (Å²) in [4.78, 5) is 51.2. The van der Waals surface area contributed by atoms with Crippen LogP contribution in [0, 0.1) is 37.3 Å². The van der Waals surface area contributed by atoms with Gasteiger partial charge in [-0.2, -0.15) is 0 Å². The number of aryl methyl sites for hydroxylation is 1. The van der Waals surface area contributed by atoms with Crippen molar-refractivity contribution < 1.29 is 112 Å². The van der Waals surface area contributed by atoms with Crippen LogP contribution >= 0.6 is 0 Å². The van der Waals surface area contributed by atoms with Gasteiger partial charge in [0.1, 0.15) is 101 Å². The molecule has 1 atom stereocenters. The second-order valence-electron chi connectivity index (χ2n) is 21.0. The molecule has 0 saturated heterocycles. The number of aromatic hydroxyl groups is 2. The monoisotopic (exact) mass is 2110 g/mol. The number of phenols is 2. The number of anilines is 1. The quantitative estimate of drug-likeness (QED) is 0.0225. The van der Waals surface area contributed by atoms with Crippen molar-refractivity contribution in [3.8, 4) is 86.2 Å².